The summed E-state index contributed by atoms with van der Waals surface area (Å²) in [5, 5.41) is 3.06. The van der Waals surface area contributed by atoms with Crippen LogP contribution in [0.15, 0.2) is 67.1 Å². The SMILES string of the molecule is O=C(NC1CCCCC1)[C@H](c1ccc(F)cc1)N(C(=O)c1cnccn1)c1ccc(F)cc1. The van der Waals surface area contributed by atoms with Gasteiger partial charge in [0.15, 0.2) is 0 Å². The molecule has 1 heterocycles. The van der Waals surface area contributed by atoms with Crippen molar-refractivity contribution in [1.82, 2.24) is 15.3 Å². The van der Waals surface area contributed by atoms with Crippen LogP contribution in [0.2, 0.25) is 0 Å². The monoisotopic (exact) mass is 450 g/mol. The highest BCUT2D eigenvalue weighted by atomic mass is 19.1. The zero-order valence-electron chi connectivity index (χ0n) is 18.0. The number of carbonyl (C=O) groups excluding carboxylic acids is 2. The van der Waals surface area contributed by atoms with E-state index in [9.17, 15) is 18.4 Å². The van der Waals surface area contributed by atoms with Gasteiger partial charge in [-0.3, -0.25) is 19.5 Å². The van der Waals surface area contributed by atoms with Gasteiger partial charge >= 0.3 is 0 Å². The minimum atomic E-state index is -1.12. The number of nitrogens with one attached hydrogen (secondary N) is 1. The normalized spacial score (nSPS) is 15.0. The van der Waals surface area contributed by atoms with Crippen molar-refractivity contribution >= 4 is 17.5 Å². The molecule has 0 spiro atoms. The van der Waals surface area contributed by atoms with Gasteiger partial charge in [-0.2, -0.15) is 0 Å². The fourth-order valence-electron chi connectivity index (χ4n) is 4.11. The Morgan fingerprint density at radius 2 is 1.55 bits per heavy atom. The number of anilines is 1. The summed E-state index contributed by atoms with van der Waals surface area (Å²) in [6.45, 7) is 0. The second-order valence-electron chi connectivity index (χ2n) is 8.04. The largest absolute Gasteiger partial charge is 0.351 e. The molecule has 3 aromatic rings. The molecule has 6 nitrogen and oxygen atoms in total. The summed E-state index contributed by atoms with van der Waals surface area (Å²) < 4.78 is 27.3. The van der Waals surface area contributed by atoms with Crippen LogP contribution in [0, 0.1) is 11.6 Å². The van der Waals surface area contributed by atoms with Crippen molar-refractivity contribution in [2.75, 3.05) is 4.90 Å². The van der Waals surface area contributed by atoms with Crippen LogP contribution < -0.4 is 10.2 Å². The molecular weight excluding hydrogens is 426 g/mol. The molecule has 0 unspecified atom stereocenters. The number of hydrogen-bond donors (Lipinski definition) is 1. The van der Waals surface area contributed by atoms with Crippen molar-refractivity contribution in [3.8, 4) is 0 Å². The number of hydrogen-bond acceptors (Lipinski definition) is 4. The van der Waals surface area contributed by atoms with E-state index in [1.165, 1.54) is 72.0 Å². The van der Waals surface area contributed by atoms with Crippen LogP contribution in [-0.2, 0) is 4.79 Å². The molecule has 1 saturated carbocycles. The van der Waals surface area contributed by atoms with E-state index in [1.807, 2.05) is 0 Å². The fourth-order valence-corrected chi connectivity index (χ4v) is 4.11. The maximum atomic E-state index is 13.7. The Kier molecular flexibility index (Phi) is 7.02. The Hall–Kier alpha value is -3.68. The first-order chi connectivity index (χ1) is 16.0. The van der Waals surface area contributed by atoms with Crippen LogP contribution in [0.25, 0.3) is 0 Å². The number of amides is 2. The lowest BCUT2D eigenvalue weighted by Gasteiger charge is -2.33. The smallest absolute Gasteiger partial charge is 0.279 e. The van der Waals surface area contributed by atoms with Crippen LogP contribution in [0.3, 0.4) is 0 Å². The average Bonchev–Trinajstić information content (AvgIpc) is 2.85. The summed E-state index contributed by atoms with van der Waals surface area (Å²) in [5.74, 6) is -1.91. The zero-order chi connectivity index (χ0) is 23.2. The van der Waals surface area contributed by atoms with E-state index >= 15 is 0 Å². The summed E-state index contributed by atoms with van der Waals surface area (Å²) in [4.78, 5) is 36.5. The summed E-state index contributed by atoms with van der Waals surface area (Å²) in [6, 6.07) is 9.59. The second kappa shape index (κ2) is 10.3. The minimum Gasteiger partial charge on any atom is -0.351 e. The van der Waals surface area contributed by atoms with Gasteiger partial charge in [0.2, 0.25) is 5.91 Å². The van der Waals surface area contributed by atoms with Crippen LogP contribution in [0.1, 0.15) is 54.2 Å². The molecule has 0 bridgehead atoms. The van der Waals surface area contributed by atoms with E-state index in [0.29, 0.717) is 11.3 Å². The van der Waals surface area contributed by atoms with Crippen LogP contribution in [-0.4, -0.2) is 27.8 Å². The predicted octanol–water partition coefficient (Wildman–Crippen LogP) is 4.59. The van der Waals surface area contributed by atoms with Gasteiger partial charge < -0.3 is 5.32 Å². The summed E-state index contributed by atoms with van der Waals surface area (Å²) in [6.07, 6.45) is 9.00. The number of rotatable bonds is 6. The molecule has 33 heavy (non-hydrogen) atoms. The Morgan fingerprint density at radius 3 is 2.15 bits per heavy atom. The van der Waals surface area contributed by atoms with E-state index in [2.05, 4.69) is 15.3 Å². The molecule has 0 radical (unpaired) electrons. The molecule has 0 aliphatic heterocycles. The number of nitrogens with zero attached hydrogens (tertiary/aromatic N) is 3. The van der Waals surface area contributed by atoms with E-state index in [1.54, 1.807) is 0 Å². The van der Waals surface area contributed by atoms with Gasteiger partial charge in [0.05, 0.1) is 6.20 Å². The van der Waals surface area contributed by atoms with Crippen molar-refractivity contribution in [2.24, 2.45) is 0 Å². The van der Waals surface area contributed by atoms with Crippen LogP contribution in [0.4, 0.5) is 14.5 Å². The second-order valence-corrected chi connectivity index (χ2v) is 8.04. The molecule has 1 aromatic heterocycles. The Balaban J connectivity index is 1.79. The predicted molar refractivity (Wildman–Crippen MR) is 119 cm³/mol. The highest BCUT2D eigenvalue weighted by Crippen LogP contribution is 2.30. The van der Waals surface area contributed by atoms with Gasteiger partial charge in [-0.05, 0) is 54.8 Å². The Bertz CT molecular complexity index is 1090. The number of aromatic nitrogens is 2. The quantitative estimate of drug-likeness (QED) is 0.596. The fraction of sp³-hybridized carbons (Fsp3) is 0.280. The first kappa shape index (κ1) is 22.5. The van der Waals surface area contributed by atoms with Crippen LogP contribution in [0.5, 0.6) is 0 Å². The van der Waals surface area contributed by atoms with Crippen LogP contribution >= 0.6 is 0 Å². The van der Waals surface area contributed by atoms with Gasteiger partial charge in [0.1, 0.15) is 23.4 Å². The lowest BCUT2D eigenvalue weighted by molar-refractivity contribution is -0.123. The zero-order valence-corrected chi connectivity index (χ0v) is 18.0. The molecular formula is C25H24F2N4O2. The van der Waals surface area contributed by atoms with E-state index in [0.717, 1.165) is 32.1 Å². The van der Waals surface area contributed by atoms with Crippen molar-refractivity contribution in [3.05, 3.63) is 90.0 Å². The summed E-state index contributed by atoms with van der Waals surface area (Å²) in [7, 11) is 0. The lowest BCUT2D eigenvalue weighted by atomic mass is 9.94. The van der Waals surface area contributed by atoms with Gasteiger partial charge in [-0.1, -0.05) is 31.4 Å². The summed E-state index contributed by atoms with van der Waals surface area (Å²) in [5.41, 5.74) is 0.755. The van der Waals surface area contributed by atoms with Crippen molar-refractivity contribution in [3.63, 3.8) is 0 Å². The standard InChI is InChI=1S/C25H24F2N4O2/c26-18-8-6-17(7-9-18)23(24(32)30-20-4-2-1-3-5-20)31(21-12-10-19(27)11-13-21)25(33)22-16-28-14-15-29-22/h6-16,20,23H,1-5H2,(H,30,32)/t23-/m0/s1. The third-order valence-corrected chi connectivity index (χ3v) is 5.75. The molecule has 170 valence electrons. The molecule has 2 aromatic carbocycles. The average molecular weight is 450 g/mol. The highest BCUT2D eigenvalue weighted by molar-refractivity contribution is 6.09. The molecule has 1 atom stereocenters. The third kappa shape index (κ3) is 5.39. The molecule has 0 saturated heterocycles. The lowest BCUT2D eigenvalue weighted by Crippen LogP contribution is -2.47. The molecule has 8 heteroatoms. The maximum absolute atomic E-state index is 13.7. The van der Waals surface area contributed by atoms with Crippen molar-refractivity contribution in [2.45, 2.75) is 44.2 Å². The molecule has 1 aliphatic carbocycles. The van der Waals surface area contributed by atoms with E-state index < -0.39 is 29.5 Å². The number of benzene rings is 2. The topological polar surface area (TPSA) is 75.2 Å². The minimum absolute atomic E-state index is 0.00381. The first-order valence-electron chi connectivity index (χ1n) is 10.9. The third-order valence-electron chi connectivity index (χ3n) is 5.75. The van der Waals surface area contributed by atoms with E-state index in [4.69, 9.17) is 0 Å². The Morgan fingerprint density at radius 1 is 0.909 bits per heavy atom. The van der Waals surface area contributed by atoms with E-state index in [-0.39, 0.29) is 11.7 Å². The maximum Gasteiger partial charge on any atom is 0.279 e. The van der Waals surface area contributed by atoms with Crippen molar-refractivity contribution < 1.29 is 18.4 Å². The van der Waals surface area contributed by atoms with Gasteiger partial charge in [0.25, 0.3) is 5.91 Å². The highest BCUT2D eigenvalue weighted by Gasteiger charge is 2.35. The number of carbonyl (C=O) groups is 2. The molecule has 1 aliphatic rings. The van der Waals surface area contributed by atoms with Gasteiger partial charge in [-0.25, -0.2) is 13.8 Å². The Labute approximate surface area is 190 Å². The first-order valence-corrected chi connectivity index (χ1v) is 10.9. The number of halogens is 2. The molecule has 1 N–H and O–H groups in total. The molecule has 1 fully saturated rings. The molecule has 4 rings (SSSR count). The van der Waals surface area contributed by atoms with Gasteiger partial charge in [-0.15, -0.1) is 0 Å². The summed E-state index contributed by atoms with van der Waals surface area (Å²) >= 11 is 0. The van der Waals surface area contributed by atoms with Crippen molar-refractivity contribution in [1.29, 1.82) is 0 Å². The van der Waals surface area contributed by atoms with Gasteiger partial charge in [0, 0.05) is 24.1 Å². The molecule has 2 amide bonds.